The molecule has 1 aromatic heterocycles. The number of nitrogens with one attached hydrogen (secondary N) is 1. The van der Waals surface area contributed by atoms with Crippen LogP contribution in [0.5, 0.6) is 0 Å². The van der Waals surface area contributed by atoms with Gasteiger partial charge >= 0.3 is 5.97 Å². The summed E-state index contributed by atoms with van der Waals surface area (Å²) in [4.78, 5) is 24.0. The first-order valence-corrected chi connectivity index (χ1v) is 5.46. The van der Waals surface area contributed by atoms with Gasteiger partial charge in [-0.1, -0.05) is 6.92 Å². The molecular formula is C12H12N2O4. The number of hydrogen-bond acceptors (Lipinski definition) is 3. The van der Waals surface area contributed by atoms with Crippen molar-refractivity contribution in [2.24, 2.45) is 5.92 Å². The first-order valence-electron chi connectivity index (χ1n) is 5.46. The Kier molecular flexibility index (Phi) is 3.01. The van der Waals surface area contributed by atoms with E-state index < -0.39 is 16.8 Å². The Labute approximate surface area is 102 Å². The van der Waals surface area contributed by atoms with E-state index in [9.17, 15) is 14.9 Å². The van der Waals surface area contributed by atoms with Gasteiger partial charge in [-0.2, -0.15) is 0 Å². The van der Waals surface area contributed by atoms with Crippen molar-refractivity contribution < 1.29 is 14.8 Å². The highest BCUT2D eigenvalue weighted by Crippen LogP contribution is 2.25. The van der Waals surface area contributed by atoms with E-state index >= 15 is 0 Å². The Morgan fingerprint density at radius 2 is 2.28 bits per heavy atom. The van der Waals surface area contributed by atoms with Gasteiger partial charge in [-0.3, -0.25) is 14.9 Å². The van der Waals surface area contributed by atoms with Crippen molar-refractivity contribution >= 4 is 22.6 Å². The van der Waals surface area contributed by atoms with Crippen molar-refractivity contribution in [3.63, 3.8) is 0 Å². The summed E-state index contributed by atoms with van der Waals surface area (Å²) < 4.78 is 0. The molecule has 0 bridgehead atoms. The van der Waals surface area contributed by atoms with Gasteiger partial charge in [0.25, 0.3) is 5.69 Å². The molecule has 0 radical (unpaired) electrons. The number of nitro groups is 1. The van der Waals surface area contributed by atoms with Gasteiger partial charge in [0, 0.05) is 29.2 Å². The summed E-state index contributed by atoms with van der Waals surface area (Å²) in [5.74, 6) is -1.40. The van der Waals surface area contributed by atoms with Gasteiger partial charge in [0.05, 0.1) is 10.8 Å². The fourth-order valence-corrected chi connectivity index (χ4v) is 1.87. The van der Waals surface area contributed by atoms with Crippen LogP contribution in [0.4, 0.5) is 5.69 Å². The number of aromatic amines is 1. The molecule has 0 spiro atoms. The third kappa shape index (κ3) is 2.17. The number of H-pyrrole nitrogens is 1. The third-order valence-electron chi connectivity index (χ3n) is 2.91. The zero-order valence-corrected chi connectivity index (χ0v) is 9.71. The van der Waals surface area contributed by atoms with Gasteiger partial charge < -0.3 is 10.1 Å². The van der Waals surface area contributed by atoms with Crippen LogP contribution in [0.3, 0.4) is 0 Å². The quantitative estimate of drug-likeness (QED) is 0.641. The van der Waals surface area contributed by atoms with Crippen molar-refractivity contribution in [3.05, 3.63) is 40.1 Å². The number of non-ortho nitro benzene ring substituents is 1. The summed E-state index contributed by atoms with van der Waals surface area (Å²) in [5, 5.41) is 20.3. The molecule has 0 aliphatic carbocycles. The van der Waals surface area contributed by atoms with Crippen LogP contribution < -0.4 is 0 Å². The highest BCUT2D eigenvalue weighted by Gasteiger charge is 2.16. The molecule has 6 nitrogen and oxygen atoms in total. The van der Waals surface area contributed by atoms with E-state index in [-0.39, 0.29) is 5.69 Å². The maximum Gasteiger partial charge on any atom is 0.306 e. The van der Waals surface area contributed by atoms with Crippen LogP contribution in [0.25, 0.3) is 10.9 Å². The molecular weight excluding hydrogens is 236 g/mol. The van der Waals surface area contributed by atoms with Crippen LogP contribution >= 0.6 is 0 Å². The SMILES string of the molecule is CC(Cc1c[nH]c2ccc([N+](=O)[O-])cc12)C(=O)O. The summed E-state index contributed by atoms with van der Waals surface area (Å²) in [6.45, 7) is 1.61. The van der Waals surface area contributed by atoms with E-state index in [4.69, 9.17) is 5.11 Å². The summed E-state index contributed by atoms with van der Waals surface area (Å²) in [6.07, 6.45) is 2.05. The molecule has 2 N–H and O–H groups in total. The van der Waals surface area contributed by atoms with Crippen molar-refractivity contribution in [2.75, 3.05) is 0 Å². The van der Waals surface area contributed by atoms with Crippen LogP contribution in [0, 0.1) is 16.0 Å². The number of carboxylic acids is 1. The predicted octanol–water partition coefficient (Wildman–Crippen LogP) is 2.34. The molecule has 2 aromatic rings. The van der Waals surface area contributed by atoms with E-state index in [0.29, 0.717) is 11.8 Å². The van der Waals surface area contributed by atoms with Gasteiger partial charge in [-0.05, 0) is 18.1 Å². The normalized spacial score (nSPS) is 12.5. The van der Waals surface area contributed by atoms with Gasteiger partial charge in [-0.25, -0.2) is 0 Å². The second-order valence-electron chi connectivity index (χ2n) is 4.24. The van der Waals surface area contributed by atoms with Crippen LogP contribution in [0.2, 0.25) is 0 Å². The third-order valence-corrected chi connectivity index (χ3v) is 2.91. The zero-order valence-electron chi connectivity index (χ0n) is 9.71. The lowest BCUT2D eigenvalue weighted by Gasteiger charge is -2.04. The Bertz CT molecular complexity index is 618. The number of carboxylic acid groups (broad SMARTS) is 1. The van der Waals surface area contributed by atoms with Crippen molar-refractivity contribution in [3.8, 4) is 0 Å². The predicted molar refractivity (Wildman–Crippen MR) is 65.5 cm³/mol. The fraction of sp³-hybridized carbons (Fsp3) is 0.250. The minimum absolute atomic E-state index is 0.00586. The number of rotatable bonds is 4. The lowest BCUT2D eigenvalue weighted by atomic mass is 10.0. The van der Waals surface area contributed by atoms with E-state index in [0.717, 1.165) is 11.1 Å². The molecule has 1 unspecified atom stereocenters. The lowest BCUT2D eigenvalue weighted by molar-refractivity contribution is -0.384. The molecule has 2 rings (SSSR count). The van der Waals surface area contributed by atoms with Crippen LogP contribution in [-0.4, -0.2) is 21.0 Å². The largest absolute Gasteiger partial charge is 0.481 e. The average Bonchev–Trinajstić information content (AvgIpc) is 2.71. The maximum atomic E-state index is 10.8. The molecule has 0 saturated heterocycles. The number of carbonyl (C=O) groups is 1. The first kappa shape index (κ1) is 12.1. The van der Waals surface area contributed by atoms with Crippen LogP contribution in [0.15, 0.2) is 24.4 Å². The molecule has 1 aromatic carbocycles. The Balaban J connectivity index is 2.42. The number of fused-ring (bicyclic) bond motifs is 1. The average molecular weight is 248 g/mol. The summed E-state index contributed by atoms with van der Waals surface area (Å²) in [7, 11) is 0. The minimum Gasteiger partial charge on any atom is -0.481 e. The highest BCUT2D eigenvalue weighted by atomic mass is 16.6. The maximum absolute atomic E-state index is 10.8. The first-order chi connectivity index (χ1) is 8.49. The van der Waals surface area contributed by atoms with Crippen molar-refractivity contribution in [2.45, 2.75) is 13.3 Å². The van der Waals surface area contributed by atoms with E-state index in [2.05, 4.69) is 4.98 Å². The number of benzene rings is 1. The molecule has 1 heterocycles. The zero-order chi connectivity index (χ0) is 13.3. The summed E-state index contributed by atoms with van der Waals surface area (Å²) in [6, 6.07) is 4.52. The molecule has 6 heteroatoms. The van der Waals surface area contributed by atoms with Gasteiger partial charge in [-0.15, -0.1) is 0 Å². The fourth-order valence-electron chi connectivity index (χ4n) is 1.87. The van der Waals surface area contributed by atoms with E-state index in [1.54, 1.807) is 19.2 Å². The van der Waals surface area contributed by atoms with E-state index in [1.165, 1.54) is 12.1 Å². The van der Waals surface area contributed by atoms with Crippen LogP contribution in [-0.2, 0) is 11.2 Å². The molecule has 1 atom stereocenters. The molecule has 0 aliphatic rings. The smallest absolute Gasteiger partial charge is 0.306 e. The number of aliphatic carboxylic acids is 1. The van der Waals surface area contributed by atoms with Crippen molar-refractivity contribution in [1.82, 2.24) is 4.98 Å². The molecule has 0 aliphatic heterocycles. The lowest BCUT2D eigenvalue weighted by Crippen LogP contribution is -2.11. The standard InChI is InChI=1S/C12H12N2O4/c1-7(12(15)16)4-8-6-13-11-3-2-9(14(17)18)5-10(8)11/h2-3,5-7,13H,4H2,1H3,(H,15,16). The van der Waals surface area contributed by atoms with Gasteiger partial charge in [0.15, 0.2) is 0 Å². The Morgan fingerprint density at radius 1 is 1.56 bits per heavy atom. The molecule has 94 valence electrons. The van der Waals surface area contributed by atoms with Gasteiger partial charge in [0.1, 0.15) is 0 Å². The second-order valence-corrected chi connectivity index (χ2v) is 4.24. The summed E-state index contributed by atoms with van der Waals surface area (Å²) in [5.41, 5.74) is 1.56. The van der Waals surface area contributed by atoms with Crippen LogP contribution in [0.1, 0.15) is 12.5 Å². The Hall–Kier alpha value is -2.37. The number of nitro benzene ring substituents is 1. The molecule has 0 fully saturated rings. The number of aromatic nitrogens is 1. The topological polar surface area (TPSA) is 96.2 Å². The Morgan fingerprint density at radius 3 is 2.89 bits per heavy atom. The van der Waals surface area contributed by atoms with E-state index in [1.807, 2.05) is 0 Å². The monoisotopic (exact) mass is 248 g/mol. The highest BCUT2D eigenvalue weighted by molar-refractivity contribution is 5.86. The molecule has 0 amide bonds. The van der Waals surface area contributed by atoms with Gasteiger partial charge in [0.2, 0.25) is 0 Å². The molecule has 0 saturated carbocycles. The summed E-state index contributed by atoms with van der Waals surface area (Å²) >= 11 is 0. The number of hydrogen-bond donors (Lipinski definition) is 2. The van der Waals surface area contributed by atoms with Crippen molar-refractivity contribution in [1.29, 1.82) is 0 Å². The second kappa shape index (κ2) is 4.48. The molecule has 18 heavy (non-hydrogen) atoms. The number of nitrogens with zero attached hydrogens (tertiary/aromatic N) is 1. The minimum atomic E-state index is -0.880.